The molecule has 0 aromatic carbocycles. The SMILES string of the molecule is C=C(/C=C(\C)Cl)/C(=N\N(C)C)N1CCN(C(=O)OC(C)(C)C)CC1. The van der Waals surface area contributed by atoms with Gasteiger partial charge in [-0.2, -0.15) is 5.10 Å². The fourth-order valence-electron chi connectivity index (χ4n) is 2.25. The number of piperazine rings is 1. The van der Waals surface area contributed by atoms with Crippen LogP contribution in [0.15, 0.2) is 28.4 Å². The fraction of sp³-hybridized carbons (Fsp3) is 0.647. The molecule has 0 atom stereocenters. The van der Waals surface area contributed by atoms with Crippen molar-refractivity contribution in [3.05, 3.63) is 23.3 Å². The van der Waals surface area contributed by atoms with Gasteiger partial charge in [0, 0.05) is 50.9 Å². The highest BCUT2D eigenvalue weighted by atomic mass is 35.5. The first-order valence-electron chi connectivity index (χ1n) is 8.01. The highest BCUT2D eigenvalue weighted by molar-refractivity contribution is 6.29. The van der Waals surface area contributed by atoms with Crippen LogP contribution in [0.5, 0.6) is 0 Å². The number of ether oxygens (including phenoxy) is 1. The van der Waals surface area contributed by atoms with Crippen LogP contribution >= 0.6 is 11.6 Å². The Balaban J connectivity index is 2.77. The van der Waals surface area contributed by atoms with Gasteiger partial charge < -0.3 is 19.5 Å². The topological polar surface area (TPSA) is 48.4 Å². The second kappa shape index (κ2) is 8.42. The molecule has 0 bridgehead atoms. The van der Waals surface area contributed by atoms with E-state index in [-0.39, 0.29) is 6.09 Å². The van der Waals surface area contributed by atoms with Gasteiger partial charge in [-0.1, -0.05) is 18.2 Å². The molecular formula is C17H29ClN4O2. The summed E-state index contributed by atoms with van der Waals surface area (Å²) >= 11 is 5.96. The standard InChI is InChI=1S/C17H29ClN4O2/c1-13(12-14(2)18)15(19-20(6)7)21-8-10-22(11-9-21)16(23)24-17(3,4)5/h12H,1,8-11H2,2-7H3/b14-12+,19-15+. The predicted octanol–water partition coefficient (Wildman–Crippen LogP) is 3.11. The van der Waals surface area contributed by atoms with Crippen LogP contribution in [-0.4, -0.2) is 72.6 Å². The summed E-state index contributed by atoms with van der Waals surface area (Å²) in [7, 11) is 3.73. The van der Waals surface area contributed by atoms with E-state index in [1.807, 2.05) is 34.9 Å². The molecule has 1 aliphatic heterocycles. The number of nitrogens with zero attached hydrogens (tertiary/aromatic N) is 4. The van der Waals surface area contributed by atoms with Crippen molar-refractivity contribution < 1.29 is 9.53 Å². The molecule has 0 aliphatic carbocycles. The van der Waals surface area contributed by atoms with Gasteiger partial charge in [0.05, 0.1) is 0 Å². The molecule has 1 heterocycles. The zero-order valence-corrected chi connectivity index (χ0v) is 16.4. The van der Waals surface area contributed by atoms with Crippen LogP contribution in [0.3, 0.4) is 0 Å². The minimum Gasteiger partial charge on any atom is -0.444 e. The lowest BCUT2D eigenvalue weighted by molar-refractivity contribution is 0.0186. The van der Waals surface area contributed by atoms with Crippen LogP contribution in [0.4, 0.5) is 4.79 Å². The van der Waals surface area contributed by atoms with Crippen molar-refractivity contribution in [3.8, 4) is 0 Å². The molecule has 0 radical (unpaired) electrons. The van der Waals surface area contributed by atoms with Crippen molar-refractivity contribution in [2.45, 2.75) is 33.3 Å². The number of amidine groups is 1. The summed E-state index contributed by atoms with van der Waals surface area (Å²) in [6, 6.07) is 0. The van der Waals surface area contributed by atoms with E-state index in [1.54, 1.807) is 22.9 Å². The third-order valence-electron chi connectivity index (χ3n) is 3.19. The maximum Gasteiger partial charge on any atom is 0.410 e. The first-order chi connectivity index (χ1) is 11.0. The van der Waals surface area contributed by atoms with Crippen molar-refractivity contribution >= 4 is 23.5 Å². The number of hydrazone groups is 1. The lowest BCUT2D eigenvalue weighted by atomic mass is 10.2. The largest absolute Gasteiger partial charge is 0.444 e. The molecule has 0 aromatic rings. The van der Waals surface area contributed by atoms with E-state index in [0.29, 0.717) is 31.2 Å². The molecule has 0 aromatic heterocycles. The first kappa shape index (κ1) is 20.4. The lowest BCUT2D eigenvalue weighted by Crippen LogP contribution is -2.52. The molecule has 1 aliphatic rings. The summed E-state index contributed by atoms with van der Waals surface area (Å²) in [5.41, 5.74) is 0.268. The second-order valence-electron chi connectivity index (χ2n) is 6.98. The zero-order chi connectivity index (χ0) is 18.5. The minimum absolute atomic E-state index is 0.274. The Morgan fingerprint density at radius 2 is 1.71 bits per heavy atom. The highest BCUT2D eigenvalue weighted by Crippen LogP contribution is 2.15. The number of hydrogen-bond donors (Lipinski definition) is 0. The molecule has 136 valence electrons. The number of rotatable bonds is 3. The summed E-state index contributed by atoms with van der Waals surface area (Å²) in [5, 5.41) is 6.91. The molecule has 0 unspecified atom stereocenters. The van der Waals surface area contributed by atoms with Crippen LogP contribution in [0, 0.1) is 0 Å². The van der Waals surface area contributed by atoms with E-state index in [2.05, 4.69) is 16.6 Å². The highest BCUT2D eigenvalue weighted by Gasteiger charge is 2.27. The molecule has 0 saturated carbocycles. The number of carbonyl (C=O) groups is 1. The summed E-state index contributed by atoms with van der Waals surface area (Å²) in [6.07, 6.45) is 1.52. The van der Waals surface area contributed by atoms with Gasteiger partial charge in [-0.3, -0.25) is 0 Å². The van der Waals surface area contributed by atoms with Crippen LogP contribution < -0.4 is 0 Å². The number of hydrogen-bond acceptors (Lipinski definition) is 4. The van der Waals surface area contributed by atoms with Gasteiger partial charge in [0.1, 0.15) is 5.60 Å². The second-order valence-corrected chi connectivity index (χ2v) is 7.58. The van der Waals surface area contributed by atoms with Crippen molar-refractivity contribution in [2.24, 2.45) is 5.10 Å². The van der Waals surface area contributed by atoms with Crippen LogP contribution in [0.2, 0.25) is 0 Å². The molecule has 6 nitrogen and oxygen atoms in total. The average molecular weight is 357 g/mol. The van der Waals surface area contributed by atoms with Gasteiger partial charge in [0.15, 0.2) is 5.84 Å². The minimum atomic E-state index is -0.483. The van der Waals surface area contributed by atoms with Crippen LogP contribution in [0.1, 0.15) is 27.7 Å². The van der Waals surface area contributed by atoms with Crippen molar-refractivity contribution in [3.63, 3.8) is 0 Å². The Morgan fingerprint density at radius 3 is 2.12 bits per heavy atom. The van der Waals surface area contributed by atoms with E-state index in [4.69, 9.17) is 16.3 Å². The molecular weight excluding hydrogens is 328 g/mol. The van der Waals surface area contributed by atoms with Gasteiger partial charge in [-0.25, -0.2) is 4.79 Å². The summed E-state index contributed by atoms with van der Waals surface area (Å²) < 4.78 is 5.42. The molecule has 1 rings (SSSR count). The lowest BCUT2D eigenvalue weighted by Gasteiger charge is -2.37. The Kier molecular flexibility index (Phi) is 7.14. The van der Waals surface area contributed by atoms with Crippen LogP contribution in [-0.2, 0) is 4.74 Å². The fourth-order valence-corrected chi connectivity index (χ4v) is 2.38. The van der Waals surface area contributed by atoms with Crippen molar-refractivity contribution in [1.82, 2.24) is 14.8 Å². The molecule has 0 spiro atoms. The number of amides is 1. The number of halogens is 1. The molecule has 1 saturated heterocycles. The quantitative estimate of drug-likeness (QED) is 0.337. The van der Waals surface area contributed by atoms with Gasteiger partial charge >= 0.3 is 6.09 Å². The zero-order valence-electron chi connectivity index (χ0n) is 15.6. The molecule has 24 heavy (non-hydrogen) atoms. The van der Waals surface area contributed by atoms with Gasteiger partial charge in [-0.05, 0) is 33.8 Å². The van der Waals surface area contributed by atoms with E-state index in [1.165, 1.54) is 0 Å². The van der Waals surface area contributed by atoms with Crippen molar-refractivity contribution in [2.75, 3.05) is 40.3 Å². The number of carbonyl (C=O) groups excluding carboxylic acids is 1. The summed E-state index contributed by atoms with van der Waals surface area (Å²) in [5.74, 6) is 0.767. The maximum absolute atomic E-state index is 12.1. The normalized spacial score (nSPS) is 17.0. The Bertz CT molecular complexity index is 523. The van der Waals surface area contributed by atoms with E-state index < -0.39 is 5.60 Å². The summed E-state index contributed by atoms with van der Waals surface area (Å²) in [6.45, 7) is 14.0. The van der Waals surface area contributed by atoms with Crippen LogP contribution in [0.25, 0.3) is 0 Å². The van der Waals surface area contributed by atoms with Gasteiger partial charge in [-0.15, -0.1) is 0 Å². The van der Waals surface area contributed by atoms with Crippen molar-refractivity contribution in [1.29, 1.82) is 0 Å². The Labute approximate surface area is 150 Å². The maximum atomic E-state index is 12.1. The van der Waals surface area contributed by atoms with E-state index in [9.17, 15) is 4.79 Å². The van der Waals surface area contributed by atoms with E-state index in [0.717, 1.165) is 11.4 Å². The molecule has 1 fully saturated rings. The third kappa shape index (κ3) is 6.83. The van der Waals surface area contributed by atoms with Gasteiger partial charge in [0.25, 0.3) is 0 Å². The Morgan fingerprint density at radius 1 is 1.21 bits per heavy atom. The molecule has 0 N–H and O–H groups in total. The van der Waals surface area contributed by atoms with Gasteiger partial charge in [0.2, 0.25) is 0 Å². The molecule has 1 amide bonds. The predicted molar refractivity (Wildman–Crippen MR) is 99.3 cm³/mol. The monoisotopic (exact) mass is 356 g/mol. The third-order valence-corrected chi connectivity index (χ3v) is 3.30. The Hall–Kier alpha value is -1.69. The number of allylic oxidation sites excluding steroid dienone is 1. The van der Waals surface area contributed by atoms with E-state index >= 15 is 0 Å². The summed E-state index contributed by atoms with van der Waals surface area (Å²) in [4.78, 5) is 16.0. The smallest absolute Gasteiger partial charge is 0.410 e. The average Bonchev–Trinajstić information content (AvgIpc) is 2.42. The first-order valence-corrected chi connectivity index (χ1v) is 8.39. The molecule has 7 heteroatoms.